The lowest BCUT2D eigenvalue weighted by molar-refractivity contribution is 0.0701. The summed E-state index contributed by atoms with van der Waals surface area (Å²) in [5.74, 6) is -2.33. The smallest absolute Gasteiger partial charge is 0.158 e. The standard InChI is InChI=1S/C14H12F3NO/c1-14(2,19)11-10(16)7-18-13(12(11)17)8-3-5-9(15)6-4-8/h3-7,19H,1-2H3. The van der Waals surface area contributed by atoms with Gasteiger partial charge in [-0.25, -0.2) is 13.2 Å². The second-order valence-electron chi connectivity index (χ2n) is 4.71. The molecule has 0 unspecified atom stereocenters. The van der Waals surface area contributed by atoms with Crippen molar-refractivity contribution < 1.29 is 18.3 Å². The summed E-state index contributed by atoms with van der Waals surface area (Å²) in [4.78, 5) is 3.67. The molecule has 19 heavy (non-hydrogen) atoms. The monoisotopic (exact) mass is 267 g/mol. The van der Waals surface area contributed by atoms with Crippen LogP contribution >= 0.6 is 0 Å². The van der Waals surface area contributed by atoms with Crippen molar-refractivity contribution >= 4 is 0 Å². The van der Waals surface area contributed by atoms with Crippen molar-refractivity contribution in [3.8, 4) is 11.3 Å². The van der Waals surface area contributed by atoms with Crippen LogP contribution in [0.1, 0.15) is 19.4 Å². The molecule has 0 bridgehead atoms. The highest BCUT2D eigenvalue weighted by Crippen LogP contribution is 2.31. The molecule has 1 heterocycles. The van der Waals surface area contributed by atoms with Gasteiger partial charge in [0.1, 0.15) is 11.5 Å². The summed E-state index contributed by atoms with van der Waals surface area (Å²) in [6, 6.07) is 4.99. The van der Waals surface area contributed by atoms with Gasteiger partial charge in [0.2, 0.25) is 0 Å². The van der Waals surface area contributed by atoms with E-state index in [-0.39, 0.29) is 5.69 Å². The second-order valence-corrected chi connectivity index (χ2v) is 4.71. The Kier molecular flexibility index (Phi) is 3.32. The number of pyridine rings is 1. The molecule has 0 aliphatic carbocycles. The Morgan fingerprint density at radius 1 is 1.05 bits per heavy atom. The van der Waals surface area contributed by atoms with Crippen LogP contribution in [0.2, 0.25) is 0 Å². The van der Waals surface area contributed by atoms with Crippen molar-refractivity contribution in [1.29, 1.82) is 0 Å². The molecule has 2 aromatic rings. The third-order valence-corrected chi connectivity index (χ3v) is 2.70. The van der Waals surface area contributed by atoms with Crippen LogP contribution in [-0.2, 0) is 5.60 Å². The van der Waals surface area contributed by atoms with E-state index in [0.717, 1.165) is 18.3 Å². The van der Waals surface area contributed by atoms with E-state index in [0.29, 0.717) is 5.56 Å². The summed E-state index contributed by atoms with van der Waals surface area (Å²) in [5.41, 5.74) is -1.95. The zero-order chi connectivity index (χ0) is 14.2. The molecule has 1 aromatic heterocycles. The zero-order valence-corrected chi connectivity index (χ0v) is 10.4. The lowest BCUT2D eigenvalue weighted by atomic mass is 9.96. The Balaban J connectivity index is 2.63. The van der Waals surface area contributed by atoms with Gasteiger partial charge in [-0.3, -0.25) is 4.98 Å². The minimum absolute atomic E-state index is 0.126. The fourth-order valence-corrected chi connectivity index (χ4v) is 1.84. The molecule has 100 valence electrons. The van der Waals surface area contributed by atoms with Gasteiger partial charge in [-0.05, 0) is 38.1 Å². The number of hydrogen-bond donors (Lipinski definition) is 1. The minimum atomic E-state index is -1.67. The Bertz CT molecular complexity index is 603. The summed E-state index contributed by atoms with van der Waals surface area (Å²) in [5, 5.41) is 9.80. The number of benzene rings is 1. The van der Waals surface area contributed by atoms with E-state index in [1.54, 1.807) is 0 Å². The van der Waals surface area contributed by atoms with E-state index in [1.807, 2.05) is 0 Å². The van der Waals surface area contributed by atoms with E-state index in [2.05, 4.69) is 4.98 Å². The Labute approximate surface area is 108 Å². The maximum absolute atomic E-state index is 14.3. The average Bonchev–Trinajstić information content (AvgIpc) is 2.29. The Morgan fingerprint density at radius 2 is 1.63 bits per heavy atom. The predicted molar refractivity (Wildman–Crippen MR) is 64.8 cm³/mol. The van der Waals surface area contributed by atoms with Crippen LogP contribution in [-0.4, -0.2) is 10.1 Å². The molecule has 0 aliphatic rings. The van der Waals surface area contributed by atoms with Crippen molar-refractivity contribution in [2.75, 3.05) is 0 Å². The largest absolute Gasteiger partial charge is 0.386 e. The van der Waals surface area contributed by atoms with Gasteiger partial charge in [-0.1, -0.05) is 0 Å². The highest BCUT2D eigenvalue weighted by Gasteiger charge is 2.28. The molecule has 1 N–H and O–H groups in total. The Morgan fingerprint density at radius 3 is 2.16 bits per heavy atom. The lowest BCUT2D eigenvalue weighted by Gasteiger charge is -2.20. The molecule has 2 rings (SSSR count). The van der Waals surface area contributed by atoms with Crippen LogP contribution in [0.4, 0.5) is 13.2 Å². The van der Waals surface area contributed by atoms with Crippen molar-refractivity contribution in [3.63, 3.8) is 0 Å². The SMILES string of the molecule is CC(C)(O)c1c(F)cnc(-c2ccc(F)cc2)c1F. The van der Waals surface area contributed by atoms with Gasteiger partial charge in [0.05, 0.1) is 17.4 Å². The van der Waals surface area contributed by atoms with E-state index in [1.165, 1.54) is 26.0 Å². The highest BCUT2D eigenvalue weighted by atomic mass is 19.1. The molecule has 5 heteroatoms. The molecule has 0 radical (unpaired) electrons. The van der Waals surface area contributed by atoms with Gasteiger partial charge in [-0.2, -0.15) is 0 Å². The lowest BCUT2D eigenvalue weighted by Crippen LogP contribution is -2.20. The van der Waals surface area contributed by atoms with Gasteiger partial charge in [-0.15, -0.1) is 0 Å². The molecule has 0 saturated heterocycles. The average molecular weight is 267 g/mol. The number of rotatable bonds is 2. The van der Waals surface area contributed by atoms with Crippen molar-refractivity contribution in [3.05, 3.63) is 53.5 Å². The molecule has 0 fully saturated rings. The molecule has 0 amide bonds. The van der Waals surface area contributed by atoms with Crippen molar-refractivity contribution in [2.24, 2.45) is 0 Å². The normalized spacial score (nSPS) is 11.7. The van der Waals surface area contributed by atoms with Gasteiger partial charge in [0, 0.05) is 5.56 Å². The fourth-order valence-electron chi connectivity index (χ4n) is 1.84. The second kappa shape index (κ2) is 4.66. The number of hydrogen-bond acceptors (Lipinski definition) is 2. The van der Waals surface area contributed by atoms with E-state index >= 15 is 0 Å². The van der Waals surface area contributed by atoms with Crippen molar-refractivity contribution in [2.45, 2.75) is 19.4 Å². The molecular formula is C14H12F3NO. The summed E-state index contributed by atoms with van der Waals surface area (Å²) < 4.78 is 40.7. The van der Waals surface area contributed by atoms with E-state index < -0.39 is 28.6 Å². The van der Waals surface area contributed by atoms with Gasteiger partial charge >= 0.3 is 0 Å². The maximum Gasteiger partial charge on any atom is 0.158 e. The zero-order valence-electron chi connectivity index (χ0n) is 10.4. The van der Waals surface area contributed by atoms with Gasteiger partial charge in [0.15, 0.2) is 11.6 Å². The fraction of sp³-hybridized carbons (Fsp3) is 0.214. The van der Waals surface area contributed by atoms with Crippen LogP contribution in [0.5, 0.6) is 0 Å². The van der Waals surface area contributed by atoms with Gasteiger partial charge in [0.25, 0.3) is 0 Å². The number of nitrogens with zero attached hydrogens (tertiary/aromatic N) is 1. The van der Waals surface area contributed by atoms with Crippen LogP contribution in [0.3, 0.4) is 0 Å². The summed E-state index contributed by atoms with van der Waals surface area (Å²) in [6.07, 6.45) is 0.842. The summed E-state index contributed by atoms with van der Waals surface area (Å²) >= 11 is 0. The topological polar surface area (TPSA) is 33.1 Å². The quantitative estimate of drug-likeness (QED) is 0.904. The number of halogens is 3. The predicted octanol–water partition coefficient (Wildman–Crippen LogP) is 3.39. The third-order valence-electron chi connectivity index (χ3n) is 2.70. The van der Waals surface area contributed by atoms with Gasteiger partial charge < -0.3 is 5.11 Å². The van der Waals surface area contributed by atoms with E-state index in [4.69, 9.17) is 0 Å². The number of aromatic nitrogens is 1. The first-order valence-corrected chi connectivity index (χ1v) is 5.63. The number of aliphatic hydroxyl groups is 1. The molecule has 0 atom stereocenters. The first-order valence-electron chi connectivity index (χ1n) is 5.63. The molecule has 2 nitrogen and oxygen atoms in total. The summed E-state index contributed by atoms with van der Waals surface area (Å²) in [6.45, 7) is 2.56. The minimum Gasteiger partial charge on any atom is -0.386 e. The first kappa shape index (κ1) is 13.5. The van der Waals surface area contributed by atoms with E-state index in [9.17, 15) is 18.3 Å². The Hall–Kier alpha value is -1.88. The molecule has 0 aliphatic heterocycles. The highest BCUT2D eigenvalue weighted by molar-refractivity contribution is 5.61. The van der Waals surface area contributed by atoms with Crippen molar-refractivity contribution in [1.82, 2.24) is 4.98 Å². The molecule has 1 aromatic carbocycles. The molecular weight excluding hydrogens is 255 g/mol. The van der Waals surface area contributed by atoms with Crippen LogP contribution in [0.15, 0.2) is 30.5 Å². The molecule has 0 spiro atoms. The first-order chi connectivity index (χ1) is 8.80. The summed E-state index contributed by atoms with van der Waals surface area (Å²) in [7, 11) is 0. The molecule has 0 saturated carbocycles. The maximum atomic E-state index is 14.3. The van der Waals surface area contributed by atoms with Crippen LogP contribution in [0.25, 0.3) is 11.3 Å². The third kappa shape index (κ3) is 2.61. The van der Waals surface area contributed by atoms with Crippen LogP contribution in [0, 0.1) is 17.5 Å². The van der Waals surface area contributed by atoms with Crippen LogP contribution < -0.4 is 0 Å².